The van der Waals surface area contributed by atoms with E-state index in [0.29, 0.717) is 12.1 Å². The fourth-order valence-electron chi connectivity index (χ4n) is 4.31. The van der Waals surface area contributed by atoms with Gasteiger partial charge in [0.1, 0.15) is 0 Å². The van der Waals surface area contributed by atoms with Crippen LogP contribution in [0.15, 0.2) is 30.3 Å². The van der Waals surface area contributed by atoms with Crippen molar-refractivity contribution in [3.8, 4) is 0 Å². The van der Waals surface area contributed by atoms with Gasteiger partial charge in [0.2, 0.25) is 5.91 Å². The second-order valence-electron chi connectivity index (χ2n) is 7.04. The van der Waals surface area contributed by atoms with Crippen LogP contribution in [0, 0.1) is 0 Å². The third-order valence-electron chi connectivity index (χ3n) is 5.86. The predicted octanol–water partition coefficient (Wildman–Crippen LogP) is 2.83. The van der Waals surface area contributed by atoms with Crippen molar-refractivity contribution in [1.82, 2.24) is 4.90 Å². The number of likely N-dealkylation sites (tertiary alicyclic amines) is 1. The molecular weight excluding hydrogens is 318 g/mol. The highest BCUT2D eigenvalue weighted by atomic mass is 16.5. The van der Waals surface area contributed by atoms with Crippen LogP contribution in [-0.2, 0) is 14.3 Å². The van der Waals surface area contributed by atoms with Crippen molar-refractivity contribution in [2.75, 3.05) is 20.8 Å². The van der Waals surface area contributed by atoms with Crippen LogP contribution in [0.5, 0.6) is 0 Å². The summed E-state index contributed by atoms with van der Waals surface area (Å²) in [6.45, 7) is 0.702. The summed E-state index contributed by atoms with van der Waals surface area (Å²) in [4.78, 5) is 26.9. The van der Waals surface area contributed by atoms with Crippen LogP contribution in [0.4, 0.5) is 0 Å². The third kappa shape index (κ3) is 3.62. The summed E-state index contributed by atoms with van der Waals surface area (Å²) in [6, 6.07) is 9.21. The lowest BCUT2D eigenvalue weighted by atomic mass is 9.79. The normalized spacial score (nSPS) is 28.6. The average molecular weight is 345 g/mol. The number of ether oxygens (including phenoxy) is 2. The summed E-state index contributed by atoms with van der Waals surface area (Å²) < 4.78 is 11.4. The molecule has 25 heavy (non-hydrogen) atoms. The van der Waals surface area contributed by atoms with E-state index < -0.39 is 0 Å². The third-order valence-corrected chi connectivity index (χ3v) is 5.86. The maximum absolute atomic E-state index is 12.8. The Bertz CT molecular complexity index is 617. The molecule has 136 valence electrons. The molecule has 0 unspecified atom stereocenters. The highest BCUT2D eigenvalue weighted by molar-refractivity contribution is 5.97. The number of hydrogen-bond donors (Lipinski definition) is 0. The molecule has 2 fully saturated rings. The molecule has 0 radical (unpaired) electrons. The molecule has 2 aliphatic rings. The number of carbonyl (C=O) groups excluding carboxylic acids is 2. The fraction of sp³-hybridized carbons (Fsp3) is 0.600. The molecule has 3 rings (SSSR count). The first-order valence-electron chi connectivity index (χ1n) is 9.05. The van der Waals surface area contributed by atoms with Crippen LogP contribution in [-0.4, -0.2) is 55.1 Å². The molecule has 1 amide bonds. The molecule has 0 aromatic heterocycles. The van der Waals surface area contributed by atoms with Crippen LogP contribution in [0.3, 0.4) is 0 Å². The van der Waals surface area contributed by atoms with Gasteiger partial charge in [-0.25, -0.2) is 0 Å². The van der Waals surface area contributed by atoms with Gasteiger partial charge in [0, 0.05) is 39.2 Å². The topological polar surface area (TPSA) is 55.8 Å². The number of rotatable bonds is 6. The van der Waals surface area contributed by atoms with Crippen LogP contribution < -0.4 is 0 Å². The lowest BCUT2D eigenvalue weighted by Crippen LogP contribution is -2.53. The number of fused-ring (bicyclic) bond motifs is 1. The molecule has 1 heterocycles. The largest absolute Gasteiger partial charge is 0.381 e. The minimum absolute atomic E-state index is 0.0181. The van der Waals surface area contributed by atoms with Gasteiger partial charge in [-0.3, -0.25) is 9.59 Å². The van der Waals surface area contributed by atoms with Crippen molar-refractivity contribution >= 4 is 11.7 Å². The Morgan fingerprint density at radius 3 is 2.60 bits per heavy atom. The van der Waals surface area contributed by atoms with Crippen molar-refractivity contribution in [3.63, 3.8) is 0 Å². The SMILES string of the molecule is CO[C@H]1CC[C@@]2(OC)CCN(C(=O)CCC(=O)c3ccccc3)[C@H]2C1. The smallest absolute Gasteiger partial charge is 0.223 e. The molecule has 0 bridgehead atoms. The molecule has 0 spiro atoms. The summed E-state index contributed by atoms with van der Waals surface area (Å²) in [5.41, 5.74) is 0.425. The van der Waals surface area contributed by atoms with Crippen molar-refractivity contribution < 1.29 is 19.1 Å². The number of benzene rings is 1. The van der Waals surface area contributed by atoms with E-state index in [4.69, 9.17) is 9.47 Å². The first-order valence-corrected chi connectivity index (χ1v) is 9.05. The number of ketones is 1. The first kappa shape index (κ1) is 18.1. The lowest BCUT2D eigenvalue weighted by Gasteiger charge is -2.43. The van der Waals surface area contributed by atoms with Gasteiger partial charge < -0.3 is 14.4 Å². The molecular formula is C20H27NO4. The maximum Gasteiger partial charge on any atom is 0.223 e. The standard InChI is InChI=1S/C20H27NO4/c1-24-16-10-11-20(25-2)12-13-21(18(20)14-16)19(23)9-8-17(22)15-6-4-3-5-7-15/h3-7,16,18H,8-14H2,1-2H3/t16-,18-,20+/m0/s1. The summed E-state index contributed by atoms with van der Waals surface area (Å²) >= 11 is 0. The van der Waals surface area contributed by atoms with Gasteiger partial charge >= 0.3 is 0 Å². The molecule has 1 aliphatic carbocycles. The van der Waals surface area contributed by atoms with Crippen LogP contribution in [0.25, 0.3) is 0 Å². The Morgan fingerprint density at radius 1 is 1.16 bits per heavy atom. The number of amides is 1. The second kappa shape index (κ2) is 7.67. The van der Waals surface area contributed by atoms with E-state index in [2.05, 4.69) is 0 Å². The lowest BCUT2D eigenvalue weighted by molar-refractivity contribution is -0.140. The average Bonchev–Trinajstić information content (AvgIpc) is 3.05. The zero-order valence-electron chi connectivity index (χ0n) is 15.1. The molecule has 1 saturated carbocycles. The van der Waals surface area contributed by atoms with E-state index in [1.807, 2.05) is 23.1 Å². The molecule has 3 atom stereocenters. The zero-order valence-corrected chi connectivity index (χ0v) is 15.1. The summed E-state index contributed by atoms with van der Waals surface area (Å²) in [5, 5.41) is 0. The molecule has 5 nitrogen and oxygen atoms in total. The van der Waals surface area contributed by atoms with E-state index in [0.717, 1.165) is 25.7 Å². The Labute approximate surface area is 149 Å². The molecule has 1 aliphatic heterocycles. The van der Waals surface area contributed by atoms with Gasteiger partial charge in [0.05, 0.1) is 17.7 Å². The number of methoxy groups -OCH3 is 2. The predicted molar refractivity (Wildman–Crippen MR) is 94.5 cm³/mol. The van der Waals surface area contributed by atoms with Gasteiger partial charge in [0.15, 0.2) is 5.78 Å². The fourth-order valence-corrected chi connectivity index (χ4v) is 4.31. The summed E-state index contributed by atoms with van der Waals surface area (Å²) in [6.07, 6.45) is 4.23. The van der Waals surface area contributed by atoms with Gasteiger partial charge in [-0.05, 0) is 25.7 Å². The second-order valence-corrected chi connectivity index (χ2v) is 7.04. The maximum atomic E-state index is 12.8. The molecule has 1 saturated heterocycles. The highest BCUT2D eigenvalue weighted by Gasteiger charge is 2.52. The summed E-state index contributed by atoms with van der Waals surface area (Å²) in [5.74, 6) is 0.0644. The highest BCUT2D eigenvalue weighted by Crippen LogP contribution is 2.43. The Kier molecular flexibility index (Phi) is 5.54. The monoisotopic (exact) mass is 345 g/mol. The van der Waals surface area contributed by atoms with Crippen LogP contribution in [0.1, 0.15) is 48.9 Å². The van der Waals surface area contributed by atoms with Crippen molar-refractivity contribution in [2.24, 2.45) is 0 Å². The number of Topliss-reactive ketones (excluding diaryl/α,β-unsaturated/α-hetero) is 1. The van der Waals surface area contributed by atoms with Crippen LogP contribution in [0.2, 0.25) is 0 Å². The van der Waals surface area contributed by atoms with E-state index in [9.17, 15) is 9.59 Å². The first-order chi connectivity index (χ1) is 12.1. The van der Waals surface area contributed by atoms with Crippen molar-refractivity contribution in [1.29, 1.82) is 0 Å². The van der Waals surface area contributed by atoms with Gasteiger partial charge in [-0.15, -0.1) is 0 Å². The van der Waals surface area contributed by atoms with E-state index >= 15 is 0 Å². The number of nitrogens with zero attached hydrogens (tertiary/aromatic N) is 1. The molecule has 1 aromatic rings. The zero-order chi connectivity index (χ0) is 17.9. The quantitative estimate of drug-likeness (QED) is 0.744. The summed E-state index contributed by atoms with van der Waals surface area (Å²) in [7, 11) is 3.47. The minimum Gasteiger partial charge on any atom is -0.381 e. The van der Waals surface area contributed by atoms with Crippen LogP contribution >= 0.6 is 0 Å². The van der Waals surface area contributed by atoms with E-state index in [1.165, 1.54) is 0 Å². The van der Waals surface area contributed by atoms with E-state index in [1.54, 1.807) is 26.4 Å². The van der Waals surface area contributed by atoms with Crippen molar-refractivity contribution in [2.45, 2.75) is 56.3 Å². The molecule has 1 aromatic carbocycles. The number of carbonyl (C=O) groups is 2. The minimum atomic E-state index is -0.242. The molecule has 5 heteroatoms. The Hall–Kier alpha value is -1.72. The van der Waals surface area contributed by atoms with Gasteiger partial charge in [-0.2, -0.15) is 0 Å². The van der Waals surface area contributed by atoms with Crippen molar-refractivity contribution in [3.05, 3.63) is 35.9 Å². The van der Waals surface area contributed by atoms with Gasteiger partial charge in [-0.1, -0.05) is 30.3 Å². The Morgan fingerprint density at radius 2 is 1.92 bits per heavy atom. The van der Waals surface area contributed by atoms with E-state index in [-0.39, 0.29) is 42.3 Å². The van der Waals surface area contributed by atoms with Gasteiger partial charge in [0.25, 0.3) is 0 Å². The Balaban J connectivity index is 1.62. The molecule has 0 N–H and O–H groups in total. The number of hydrogen-bond acceptors (Lipinski definition) is 4.